The lowest BCUT2D eigenvalue weighted by Crippen LogP contribution is -2.16. The van der Waals surface area contributed by atoms with Crippen molar-refractivity contribution in [3.8, 4) is 11.8 Å². The predicted octanol–water partition coefficient (Wildman–Crippen LogP) is 0.937. The molecule has 0 aliphatic rings. The van der Waals surface area contributed by atoms with Crippen LogP contribution in [0.4, 0.5) is 0 Å². The standard InChI is InChI=1S/C12H14N4O2/c1-17-9-7-15-11(12(16-9)18-2)10(13)8-4-3-5-14-6-8/h3-7,10H,13H2,1-2H3. The number of hydrogen-bond donors (Lipinski definition) is 1. The molecule has 0 aliphatic carbocycles. The molecule has 2 heterocycles. The Bertz CT molecular complexity index is 519. The molecule has 2 aromatic heterocycles. The Hall–Kier alpha value is -2.21. The second-order valence-corrected chi connectivity index (χ2v) is 3.57. The van der Waals surface area contributed by atoms with Gasteiger partial charge in [-0.1, -0.05) is 6.07 Å². The average Bonchev–Trinajstić information content (AvgIpc) is 2.46. The molecule has 0 fully saturated rings. The highest BCUT2D eigenvalue weighted by atomic mass is 16.5. The number of nitrogens with zero attached hydrogens (tertiary/aromatic N) is 3. The van der Waals surface area contributed by atoms with Crippen LogP contribution in [0.15, 0.2) is 30.7 Å². The molecule has 2 aromatic rings. The van der Waals surface area contributed by atoms with Crippen LogP contribution in [0, 0.1) is 0 Å². The van der Waals surface area contributed by atoms with Gasteiger partial charge in [0.2, 0.25) is 11.8 Å². The van der Waals surface area contributed by atoms with E-state index in [4.69, 9.17) is 15.2 Å². The molecule has 6 nitrogen and oxygen atoms in total. The number of aromatic nitrogens is 3. The minimum absolute atomic E-state index is 0.353. The molecule has 94 valence electrons. The number of pyridine rings is 1. The molecule has 18 heavy (non-hydrogen) atoms. The molecule has 1 unspecified atom stereocenters. The summed E-state index contributed by atoms with van der Waals surface area (Å²) < 4.78 is 10.2. The van der Waals surface area contributed by atoms with Crippen LogP contribution >= 0.6 is 0 Å². The quantitative estimate of drug-likeness (QED) is 0.864. The van der Waals surface area contributed by atoms with Gasteiger partial charge in [-0.3, -0.25) is 4.98 Å². The summed E-state index contributed by atoms with van der Waals surface area (Å²) in [4.78, 5) is 12.4. The summed E-state index contributed by atoms with van der Waals surface area (Å²) in [6.45, 7) is 0. The van der Waals surface area contributed by atoms with Crippen LogP contribution in [0.5, 0.6) is 11.8 Å². The largest absolute Gasteiger partial charge is 0.480 e. The summed E-state index contributed by atoms with van der Waals surface area (Å²) in [5.41, 5.74) is 7.51. The van der Waals surface area contributed by atoms with Crippen molar-refractivity contribution in [3.05, 3.63) is 42.0 Å². The van der Waals surface area contributed by atoms with Crippen LogP contribution in [-0.2, 0) is 0 Å². The summed E-state index contributed by atoms with van der Waals surface area (Å²) in [7, 11) is 3.03. The molecule has 0 amide bonds. The van der Waals surface area contributed by atoms with E-state index in [9.17, 15) is 0 Å². The van der Waals surface area contributed by atoms with Gasteiger partial charge in [0.05, 0.1) is 26.5 Å². The first-order valence-electron chi connectivity index (χ1n) is 5.36. The first-order valence-corrected chi connectivity index (χ1v) is 5.36. The molecule has 1 atom stereocenters. The van der Waals surface area contributed by atoms with Gasteiger partial charge >= 0.3 is 0 Å². The zero-order chi connectivity index (χ0) is 13.0. The van der Waals surface area contributed by atoms with Crippen LogP contribution in [0.2, 0.25) is 0 Å². The lowest BCUT2D eigenvalue weighted by Gasteiger charge is -2.14. The molecule has 0 bridgehead atoms. The Morgan fingerprint density at radius 2 is 2.06 bits per heavy atom. The van der Waals surface area contributed by atoms with E-state index in [0.29, 0.717) is 17.5 Å². The van der Waals surface area contributed by atoms with Crippen LogP contribution in [0.1, 0.15) is 17.3 Å². The SMILES string of the molecule is COc1cnc(C(N)c2cccnc2)c(OC)n1. The summed E-state index contributed by atoms with van der Waals surface area (Å²) >= 11 is 0. The Labute approximate surface area is 105 Å². The molecule has 0 radical (unpaired) electrons. The lowest BCUT2D eigenvalue weighted by molar-refractivity contribution is 0.355. The van der Waals surface area contributed by atoms with Crippen LogP contribution < -0.4 is 15.2 Å². The Morgan fingerprint density at radius 1 is 1.22 bits per heavy atom. The first-order chi connectivity index (χ1) is 8.76. The number of hydrogen-bond acceptors (Lipinski definition) is 6. The zero-order valence-electron chi connectivity index (χ0n) is 10.2. The van der Waals surface area contributed by atoms with E-state index in [1.54, 1.807) is 12.4 Å². The zero-order valence-corrected chi connectivity index (χ0v) is 10.2. The van der Waals surface area contributed by atoms with Gasteiger partial charge in [-0.25, -0.2) is 4.98 Å². The second kappa shape index (κ2) is 5.42. The molecule has 0 saturated heterocycles. The highest BCUT2D eigenvalue weighted by Gasteiger charge is 2.18. The van der Waals surface area contributed by atoms with Crippen LogP contribution in [0.3, 0.4) is 0 Å². The van der Waals surface area contributed by atoms with E-state index in [2.05, 4.69) is 15.0 Å². The minimum Gasteiger partial charge on any atom is -0.480 e. The monoisotopic (exact) mass is 246 g/mol. The number of nitrogens with two attached hydrogens (primary N) is 1. The van der Waals surface area contributed by atoms with Gasteiger partial charge in [-0.15, -0.1) is 0 Å². The van der Waals surface area contributed by atoms with E-state index >= 15 is 0 Å². The van der Waals surface area contributed by atoms with Gasteiger partial charge in [0.25, 0.3) is 0 Å². The molecular weight excluding hydrogens is 232 g/mol. The predicted molar refractivity (Wildman–Crippen MR) is 65.4 cm³/mol. The van der Waals surface area contributed by atoms with E-state index in [1.807, 2.05) is 12.1 Å². The average molecular weight is 246 g/mol. The summed E-state index contributed by atoms with van der Waals surface area (Å²) in [6, 6.07) is 3.26. The van der Waals surface area contributed by atoms with Crippen molar-refractivity contribution in [1.29, 1.82) is 0 Å². The third-order valence-electron chi connectivity index (χ3n) is 2.49. The molecular formula is C12H14N4O2. The van der Waals surface area contributed by atoms with Crippen molar-refractivity contribution in [2.24, 2.45) is 5.73 Å². The third-order valence-corrected chi connectivity index (χ3v) is 2.49. The molecule has 0 aromatic carbocycles. The van der Waals surface area contributed by atoms with Crippen molar-refractivity contribution in [1.82, 2.24) is 15.0 Å². The van der Waals surface area contributed by atoms with Gasteiger partial charge in [0.1, 0.15) is 5.69 Å². The Morgan fingerprint density at radius 3 is 2.67 bits per heavy atom. The van der Waals surface area contributed by atoms with E-state index < -0.39 is 6.04 Å². The van der Waals surface area contributed by atoms with Gasteiger partial charge in [0.15, 0.2) is 0 Å². The fourth-order valence-electron chi connectivity index (χ4n) is 1.55. The van der Waals surface area contributed by atoms with E-state index in [-0.39, 0.29) is 0 Å². The van der Waals surface area contributed by atoms with Crippen molar-refractivity contribution >= 4 is 0 Å². The van der Waals surface area contributed by atoms with E-state index in [1.165, 1.54) is 20.4 Å². The Balaban J connectivity index is 2.38. The lowest BCUT2D eigenvalue weighted by atomic mass is 10.1. The highest BCUT2D eigenvalue weighted by molar-refractivity contribution is 5.32. The van der Waals surface area contributed by atoms with Gasteiger partial charge in [-0.05, 0) is 11.6 Å². The fourth-order valence-corrected chi connectivity index (χ4v) is 1.55. The number of ether oxygens (including phenoxy) is 2. The summed E-state index contributed by atoms with van der Waals surface area (Å²) in [6.07, 6.45) is 4.89. The number of methoxy groups -OCH3 is 2. The van der Waals surface area contributed by atoms with Crippen molar-refractivity contribution in [3.63, 3.8) is 0 Å². The van der Waals surface area contributed by atoms with Gasteiger partial charge in [-0.2, -0.15) is 4.98 Å². The van der Waals surface area contributed by atoms with Crippen molar-refractivity contribution in [2.45, 2.75) is 6.04 Å². The van der Waals surface area contributed by atoms with Crippen molar-refractivity contribution < 1.29 is 9.47 Å². The Kier molecular flexibility index (Phi) is 3.69. The number of rotatable bonds is 4. The minimum atomic E-state index is -0.438. The summed E-state index contributed by atoms with van der Waals surface area (Å²) in [5, 5.41) is 0. The van der Waals surface area contributed by atoms with Gasteiger partial charge in [0, 0.05) is 12.4 Å². The molecule has 2 rings (SSSR count). The second-order valence-electron chi connectivity index (χ2n) is 3.57. The molecule has 6 heteroatoms. The van der Waals surface area contributed by atoms with Gasteiger partial charge < -0.3 is 15.2 Å². The normalized spacial score (nSPS) is 11.9. The smallest absolute Gasteiger partial charge is 0.240 e. The third kappa shape index (κ3) is 2.38. The maximum Gasteiger partial charge on any atom is 0.240 e. The first kappa shape index (κ1) is 12.3. The molecule has 0 aliphatic heterocycles. The maximum atomic E-state index is 6.12. The topological polar surface area (TPSA) is 83.2 Å². The molecule has 0 spiro atoms. The van der Waals surface area contributed by atoms with E-state index in [0.717, 1.165) is 5.56 Å². The maximum absolute atomic E-state index is 6.12. The highest BCUT2D eigenvalue weighted by Crippen LogP contribution is 2.25. The molecule has 0 saturated carbocycles. The van der Waals surface area contributed by atoms with Crippen LogP contribution in [0.25, 0.3) is 0 Å². The van der Waals surface area contributed by atoms with Crippen LogP contribution in [-0.4, -0.2) is 29.2 Å². The summed E-state index contributed by atoms with van der Waals surface area (Å²) in [5.74, 6) is 0.736. The van der Waals surface area contributed by atoms with Crippen molar-refractivity contribution in [2.75, 3.05) is 14.2 Å². The fraction of sp³-hybridized carbons (Fsp3) is 0.250. The molecule has 2 N–H and O–H groups in total.